The second-order valence-electron chi connectivity index (χ2n) is 8.77. The van der Waals surface area contributed by atoms with E-state index >= 15 is 0 Å². The van der Waals surface area contributed by atoms with Crippen LogP contribution in [0.2, 0.25) is 0 Å². The zero-order valence-electron chi connectivity index (χ0n) is 20.3. The van der Waals surface area contributed by atoms with E-state index in [1.165, 1.54) is 12.1 Å². The maximum Gasteiger partial charge on any atom is 0.416 e. The number of alkyl halides is 3. The van der Waals surface area contributed by atoms with Gasteiger partial charge in [0.1, 0.15) is 29.9 Å². The molecule has 36 heavy (non-hydrogen) atoms. The number of hydrogen-bond acceptors (Lipinski definition) is 6. The number of benzene rings is 2. The third-order valence-electron chi connectivity index (χ3n) is 6.18. The maximum atomic E-state index is 12.8. The number of hydrogen-bond donors (Lipinski definition) is 0. The van der Waals surface area contributed by atoms with E-state index in [-0.39, 0.29) is 24.5 Å². The second-order valence-corrected chi connectivity index (χ2v) is 8.77. The van der Waals surface area contributed by atoms with Crippen LogP contribution in [0.4, 0.5) is 13.2 Å². The van der Waals surface area contributed by atoms with Crippen molar-refractivity contribution in [2.45, 2.75) is 58.5 Å². The van der Waals surface area contributed by atoms with Gasteiger partial charge in [0.05, 0.1) is 12.2 Å². The van der Waals surface area contributed by atoms with Crippen LogP contribution in [-0.2, 0) is 28.9 Å². The first-order valence-corrected chi connectivity index (χ1v) is 12.0. The van der Waals surface area contributed by atoms with Crippen molar-refractivity contribution in [3.63, 3.8) is 0 Å². The number of nitrogens with zero attached hydrogens (tertiary/aromatic N) is 2. The lowest BCUT2D eigenvalue weighted by Gasteiger charge is -2.34. The summed E-state index contributed by atoms with van der Waals surface area (Å²) in [5, 5.41) is 0. The molecule has 1 saturated heterocycles. The predicted octanol–water partition coefficient (Wildman–Crippen LogP) is 6.17. The Morgan fingerprint density at radius 1 is 1.17 bits per heavy atom. The van der Waals surface area contributed by atoms with Crippen molar-refractivity contribution in [3.05, 3.63) is 71.1 Å². The highest BCUT2D eigenvalue weighted by atomic mass is 19.4. The van der Waals surface area contributed by atoms with Gasteiger partial charge >= 0.3 is 12.1 Å². The number of carbonyl (C=O) groups excluding carboxylic acids is 1. The molecule has 0 saturated carbocycles. The van der Waals surface area contributed by atoms with Gasteiger partial charge in [-0.3, -0.25) is 9.69 Å². The van der Waals surface area contributed by atoms with Gasteiger partial charge in [-0.15, -0.1) is 0 Å². The first kappa shape index (κ1) is 25.8. The molecule has 1 atom stereocenters. The fourth-order valence-electron chi connectivity index (χ4n) is 4.29. The van der Waals surface area contributed by atoms with Crippen molar-refractivity contribution in [2.24, 2.45) is 0 Å². The lowest BCUT2D eigenvalue weighted by molar-refractivity contribution is -0.151. The first-order valence-electron chi connectivity index (χ1n) is 12.0. The molecule has 4 rings (SSSR count). The number of rotatable bonds is 8. The number of halogens is 3. The van der Waals surface area contributed by atoms with Crippen LogP contribution in [0.25, 0.3) is 11.5 Å². The van der Waals surface area contributed by atoms with Crippen molar-refractivity contribution in [1.29, 1.82) is 0 Å². The van der Waals surface area contributed by atoms with E-state index in [0.29, 0.717) is 35.9 Å². The summed E-state index contributed by atoms with van der Waals surface area (Å²) in [5.41, 5.74) is 1.31. The normalized spacial score (nSPS) is 16.6. The molecule has 0 amide bonds. The van der Waals surface area contributed by atoms with Crippen LogP contribution in [0.3, 0.4) is 0 Å². The van der Waals surface area contributed by atoms with Crippen LogP contribution in [0.1, 0.15) is 48.8 Å². The van der Waals surface area contributed by atoms with Gasteiger partial charge in [0.25, 0.3) is 0 Å². The molecule has 0 aliphatic carbocycles. The lowest BCUT2D eigenvalue weighted by Crippen LogP contribution is -2.44. The van der Waals surface area contributed by atoms with Crippen LogP contribution in [0.5, 0.6) is 5.75 Å². The van der Waals surface area contributed by atoms with Gasteiger partial charge < -0.3 is 13.9 Å². The molecule has 2 aromatic carbocycles. The number of likely N-dealkylation sites (tertiary alicyclic amines) is 1. The maximum absolute atomic E-state index is 12.8. The molecule has 0 radical (unpaired) electrons. The molecule has 0 bridgehead atoms. The van der Waals surface area contributed by atoms with Crippen molar-refractivity contribution < 1.29 is 31.9 Å². The minimum atomic E-state index is -4.40. The largest absolute Gasteiger partial charge is 0.487 e. The van der Waals surface area contributed by atoms with Gasteiger partial charge in [0.2, 0.25) is 5.89 Å². The van der Waals surface area contributed by atoms with Crippen LogP contribution < -0.4 is 4.74 Å². The molecule has 1 aliphatic heterocycles. The molecule has 0 spiro atoms. The van der Waals surface area contributed by atoms with E-state index in [9.17, 15) is 18.0 Å². The zero-order chi connectivity index (χ0) is 25.7. The summed E-state index contributed by atoms with van der Waals surface area (Å²) >= 11 is 0. The highest BCUT2D eigenvalue weighted by molar-refractivity contribution is 5.75. The molecule has 3 aromatic rings. The van der Waals surface area contributed by atoms with Gasteiger partial charge in [-0.05, 0) is 75.2 Å². The molecule has 1 unspecified atom stereocenters. The third-order valence-corrected chi connectivity index (χ3v) is 6.18. The molecule has 2 heterocycles. The van der Waals surface area contributed by atoms with Gasteiger partial charge in [0.15, 0.2) is 0 Å². The standard InChI is InChI=1S/C27H29F3N2O4/c1-3-34-26(33)24-9-4-5-14-32(24)16-19-7-6-8-22(15-19)35-17-23-18(2)36-25(31-23)20-10-12-21(13-11-20)27(28,29)30/h6-8,10-13,15,24H,3-5,9,14,16-17H2,1-2H3. The second kappa shape index (κ2) is 11.2. The molecular formula is C27H29F3N2O4. The lowest BCUT2D eigenvalue weighted by atomic mass is 10.0. The fraction of sp³-hybridized carbons (Fsp3) is 0.407. The Morgan fingerprint density at radius 2 is 1.94 bits per heavy atom. The third kappa shape index (κ3) is 6.26. The SMILES string of the molecule is CCOC(=O)C1CCCCN1Cc1cccc(OCc2nc(-c3ccc(C(F)(F)F)cc3)oc2C)c1. The molecule has 1 aliphatic rings. The van der Waals surface area contributed by atoms with Gasteiger partial charge in [-0.2, -0.15) is 13.2 Å². The number of ether oxygens (including phenoxy) is 2. The first-order chi connectivity index (χ1) is 17.2. The highest BCUT2D eigenvalue weighted by Crippen LogP contribution is 2.31. The molecule has 1 aromatic heterocycles. The molecule has 0 N–H and O–H groups in total. The smallest absolute Gasteiger partial charge is 0.416 e. The summed E-state index contributed by atoms with van der Waals surface area (Å²) in [7, 11) is 0. The van der Waals surface area contributed by atoms with E-state index in [1.807, 2.05) is 31.2 Å². The summed E-state index contributed by atoms with van der Waals surface area (Å²) in [5.74, 6) is 1.25. The topological polar surface area (TPSA) is 64.8 Å². The molecule has 9 heteroatoms. The van der Waals surface area contributed by atoms with Crippen molar-refractivity contribution in [3.8, 4) is 17.2 Å². The predicted molar refractivity (Wildman–Crippen MR) is 127 cm³/mol. The van der Waals surface area contributed by atoms with Gasteiger partial charge in [-0.1, -0.05) is 18.6 Å². The summed E-state index contributed by atoms with van der Waals surface area (Å²) in [6.07, 6.45) is -1.55. The van der Waals surface area contributed by atoms with E-state index in [0.717, 1.165) is 43.5 Å². The minimum absolute atomic E-state index is 0.147. The monoisotopic (exact) mass is 502 g/mol. The molecule has 192 valence electrons. The summed E-state index contributed by atoms with van der Waals surface area (Å²) in [6.45, 7) is 5.51. The number of piperidine rings is 1. The Balaban J connectivity index is 1.40. The number of aryl methyl sites for hydroxylation is 1. The van der Waals surface area contributed by atoms with Crippen molar-refractivity contribution in [2.75, 3.05) is 13.2 Å². The van der Waals surface area contributed by atoms with Crippen LogP contribution in [-0.4, -0.2) is 35.0 Å². The van der Waals surface area contributed by atoms with Crippen molar-refractivity contribution >= 4 is 5.97 Å². The molecule has 6 nitrogen and oxygen atoms in total. The Bertz CT molecular complexity index is 1170. The van der Waals surface area contributed by atoms with Crippen LogP contribution >= 0.6 is 0 Å². The number of esters is 1. The summed E-state index contributed by atoms with van der Waals surface area (Å²) in [6, 6.07) is 12.1. The molecular weight excluding hydrogens is 473 g/mol. The van der Waals surface area contributed by atoms with E-state index in [2.05, 4.69) is 9.88 Å². The highest BCUT2D eigenvalue weighted by Gasteiger charge is 2.31. The quantitative estimate of drug-likeness (QED) is 0.344. The number of oxazole rings is 1. The Hall–Kier alpha value is -3.33. The average Bonchev–Trinajstić information content (AvgIpc) is 3.23. The number of aromatic nitrogens is 1. The zero-order valence-corrected chi connectivity index (χ0v) is 20.3. The van der Waals surface area contributed by atoms with E-state index < -0.39 is 11.7 Å². The van der Waals surface area contributed by atoms with Crippen molar-refractivity contribution in [1.82, 2.24) is 9.88 Å². The fourth-order valence-corrected chi connectivity index (χ4v) is 4.29. The van der Waals surface area contributed by atoms with Crippen LogP contribution in [0, 0.1) is 6.92 Å². The van der Waals surface area contributed by atoms with Gasteiger partial charge in [-0.25, -0.2) is 4.98 Å². The van der Waals surface area contributed by atoms with E-state index in [1.54, 1.807) is 6.92 Å². The summed E-state index contributed by atoms with van der Waals surface area (Å²) < 4.78 is 55.3. The number of carbonyl (C=O) groups is 1. The summed E-state index contributed by atoms with van der Waals surface area (Å²) in [4.78, 5) is 18.9. The Morgan fingerprint density at radius 3 is 2.67 bits per heavy atom. The van der Waals surface area contributed by atoms with Gasteiger partial charge in [0, 0.05) is 12.1 Å². The average molecular weight is 503 g/mol. The Kier molecular flexibility index (Phi) is 7.98. The Labute approximate surface area is 208 Å². The molecule has 1 fully saturated rings. The van der Waals surface area contributed by atoms with E-state index in [4.69, 9.17) is 13.9 Å². The van der Waals surface area contributed by atoms with Crippen LogP contribution in [0.15, 0.2) is 52.9 Å². The minimum Gasteiger partial charge on any atom is -0.487 e.